The molecule has 1 fully saturated rings. The molecule has 3 rings (SSSR count). The molecular weight excluding hydrogens is 420 g/mol. The van der Waals surface area contributed by atoms with Gasteiger partial charge < -0.3 is 5.32 Å². The maximum atomic E-state index is 12.4. The Labute approximate surface area is 173 Å². The summed E-state index contributed by atoms with van der Waals surface area (Å²) in [7, 11) is -3.81. The van der Waals surface area contributed by atoms with E-state index in [-0.39, 0.29) is 21.8 Å². The summed E-state index contributed by atoms with van der Waals surface area (Å²) >= 11 is 7.33. The van der Waals surface area contributed by atoms with E-state index < -0.39 is 10.0 Å². The first kappa shape index (κ1) is 20.9. The largest absolute Gasteiger partial charge is 0.325 e. The van der Waals surface area contributed by atoms with Crippen LogP contribution in [0.5, 0.6) is 0 Å². The Morgan fingerprint density at radius 2 is 1.79 bits per heavy atom. The van der Waals surface area contributed by atoms with E-state index in [0.717, 1.165) is 0 Å². The number of thioether (sulfide) groups is 1. The first-order valence-electron chi connectivity index (χ1n) is 8.96. The van der Waals surface area contributed by atoms with Gasteiger partial charge in [0.15, 0.2) is 11.0 Å². The van der Waals surface area contributed by atoms with E-state index in [4.69, 9.17) is 11.6 Å². The number of carbonyl (C=O) groups is 1. The lowest BCUT2D eigenvalue weighted by Crippen LogP contribution is -2.18. The van der Waals surface area contributed by atoms with Crippen molar-refractivity contribution in [2.45, 2.75) is 42.2 Å². The Hall–Kier alpha value is -1.84. The molecule has 1 aliphatic rings. The molecule has 7 nitrogen and oxygen atoms in total. The molecule has 2 N–H and O–H groups in total. The summed E-state index contributed by atoms with van der Waals surface area (Å²) < 4.78 is 27.1. The van der Waals surface area contributed by atoms with Gasteiger partial charge in [0.1, 0.15) is 0 Å². The predicted molar refractivity (Wildman–Crippen MR) is 112 cm³/mol. The molecule has 28 heavy (non-hydrogen) atoms. The van der Waals surface area contributed by atoms with E-state index in [1.165, 1.54) is 56.4 Å². The summed E-state index contributed by atoms with van der Waals surface area (Å²) in [5.74, 6) is 0.392. The van der Waals surface area contributed by atoms with Gasteiger partial charge in [0.2, 0.25) is 5.91 Å². The van der Waals surface area contributed by atoms with E-state index in [9.17, 15) is 13.2 Å². The molecule has 1 heterocycles. The number of aromatic nitrogens is 2. The Bertz CT molecular complexity index is 899. The van der Waals surface area contributed by atoms with Crippen molar-refractivity contribution in [3.05, 3.63) is 41.6 Å². The average molecular weight is 441 g/mol. The molecule has 0 saturated heterocycles. The number of hydrogen-bond acceptors (Lipinski definition) is 6. The predicted octanol–water partition coefficient (Wildman–Crippen LogP) is 3.94. The Balaban J connectivity index is 1.54. The lowest BCUT2D eigenvalue weighted by Gasteiger charge is -2.20. The summed E-state index contributed by atoms with van der Waals surface area (Å²) in [5, 5.41) is 10.8. The smallest absolute Gasteiger partial charge is 0.263 e. The van der Waals surface area contributed by atoms with Crippen LogP contribution >= 0.6 is 23.4 Å². The van der Waals surface area contributed by atoms with Crippen molar-refractivity contribution >= 4 is 50.8 Å². The molecular formula is C18H21ClN4O3S2. The molecule has 150 valence electrons. The van der Waals surface area contributed by atoms with Gasteiger partial charge in [-0.1, -0.05) is 30.9 Å². The standard InChI is InChI=1S/C18H21ClN4O3S2/c19-16-10-11-17(22-21-16)23-28(25,26)15-8-6-13(7-9-15)20-18(24)12-27-14-4-2-1-3-5-14/h6-11,14H,1-5,12H2,(H,20,24)(H,22,23). The normalized spacial score (nSPS) is 15.2. The number of rotatable bonds is 7. The number of nitrogens with one attached hydrogen (secondary N) is 2. The zero-order chi connectivity index (χ0) is 20.0. The highest BCUT2D eigenvalue weighted by molar-refractivity contribution is 8.00. The fourth-order valence-corrected chi connectivity index (χ4v) is 5.13. The maximum absolute atomic E-state index is 12.4. The van der Waals surface area contributed by atoms with Gasteiger partial charge in [-0.05, 0) is 49.2 Å². The molecule has 10 heteroatoms. The number of carbonyl (C=O) groups excluding carboxylic acids is 1. The molecule has 0 unspecified atom stereocenters. The third-order valence-corrected chi connectivity index (χ3v) is 7.27. The zero-order valence-corrected chi connectivity index (χ0v) is 17.5. The number of nitrogens with zero attached hydrogens (tertiary/aromatic N) is 2. The van der Waals surface area contributed by atoms with Crippen LogP contribution in [-0.2, 0) is 14.8 Å². The van der Waals surface area contributed by atoms with Crippen LogP contribution in [0.3, 0.4) is 0 Å². The second kappa shape index (κ2) is 9.58. The van der Waals surface area contributed by atoms with Gasteiger partial charge in [0.25, 0.3) is 10.0 Å². The summed E-state index contributed by atoms with van der Waals surface area (Å²) in [6.07, 6.45) is 6.12. The molecule has 0 atom stereocenters. The quantitative estimate of drug-likeness (QED) is 0.676. The summed E-state index contributed by atoms with van der Waals surface area (Å²) in [4.78, 5) is 12.2. The van der Waals surface area contributed by atoms with E-state index in [1.807, 2.05) is 0 Å². The molecule has 0 bridgehead atoms. The second-order valence-electron chi connectivity index (χ2n) is 6.49. The molecule has 0 spiro atoms. The SMILES string of the molecule is O=C(CSC1CCCCC1)Nc1ccc(S(=O)(=O)Nc2ccc(Cl)nn2)cc1. The summed E-state index contributed by atoms with van der Waals surface area (Å²) in [6.45, 7) is 0. The molecule has 0 radical (unpaired) electrons. The summed E-state index contributed by atoms with van der Waals surface area (Å²) in [5.41, 5.74) is 0.555. The van der Waals surface area contributed by atoms with Gasteiger partial charge in [0.05, 0.1) is 10.6 Å². The Kier molecular flexibility index (Phi) is 7.14. The van der Waals surface area contributed by atoms with Crippen LogP contribution in [0.4, 0.5) is 11.5 Å². The number of hydrogen-bond donors (Lipinski definition) is 2. The molecule has 0 aliphatic heterocycles. The van der Waals surface area contributed by atoms with Gasteiger partial charge in [-0.3, -0.25) is 9.52 Å². The molecule has 1 aromatic heterocycles. The minimum Gasteiger partial charge on any atom is -0.325 e. The van der Waals surface area contributed by atoms with Gasteiger partial charge in [-0.2, -0.15) is 0 Å². The van der Waals surface area contributed by atoms with Crippen LogP contribution in [0, 0.1) is 0 Å². The molecule has 2 aromatic rings. The lowest BCUT2D eigenvalue weighted by atomic mass is 10.0. The van der Waals surface area contributed by atoms with Crippen LogP contribution in [0.1, 0.15) is 32.1 Å². The van der Waals surface area contributed by atoms with Crippen LogP contribution in [0.2, 0.25) is 5.15 Å². The lowest BCUT2D eigenvalue weighted by molar-refractivity contribution is -0.113. The third-order valence-electron chi connectivity index (χ3n) is 4.32. The zero-order valence-electron chi connectivity index (χ0n) is 15.1. The van der Waals surface area contributed by atoms with Crippen molar-refractivity contribution in [1.82, 2.24) is 10.2 Å². The van der Waals surface area contributed by atoms with Crippen molar-refractivity contribution in [3.63, 3.8) is 0 Å². The van der Waals surface area contributed by atoms with E-state index in [2.05, 4.69) is 20.2 Å². The number of sulfonamides is 1. The van der Waals surface area contributed by atoms with E-state index in [1.54, 1.807) is 23.9 Å². The van der Waals surface area contributed by atoms with Crippen molar-refractivity contribution in [3.8, 4) is 0 Å². The van der Waals surface area contributed by atoms with Crippen LogP contribution in [0.15, 0.2) is 41.3 Å². The Morgan fingerprint density at radius 1 is 1.07 bits per heavy atom. The van der Waals surface area contributed by atoms with Gasteiger partial charge >= 0.3 is 0 Å². The van der Waals surface area contributed by atoms with E-state index in [0.29, 0.717) is 16.7 Å². The van der Waals surface area contributed by atoms with Gasteiger partial charge in [-0.15, -0.1) is 22.0 Å². The van der Waals surface area contributed by atoms with Gasteiger partial charge in [-0.25, -0.2) is 8.42 Å². The van der Waals surface area contributed by atoms with Crippen molar-refractivity contribution < 1.29 is 13.2 Å². The topological polar surface area (TPSA) is 101 Å². The Morgan fingerprint density at radius 3 is 2.43 bits per heavy atom. The third kappa shape index (κ3) is 6.08. The minimum atomic E-state index is -3.81. The van der Waals surface area contributed by atoms with Crippen LogP contribution in [0.25, 0.3) is 0 Å². The fraction of sp³-hybridized carbons (Fsp3) is 0.389. The number of halogens is 1. The number of amides is 1. The monoisotopic (exact) mass is 440 g/mol. The average Bonchev–Trinajstić information content (AvgIpc) is 2.69. The minimum absolute atomic E-state index is 0.0545. The molecule has 1 aromatic carbocycles. The highest BCUT2D eigenvalue weighted by Crippen LogP contribution is 2.28. The highest BCUT2D eigenvalue weighted by atomic mass is 35.5. The fourth-order valence-electron chi connectivity index (χ4n) is 2.91. The van der Waals surface area contributed by atoms with Crippen molar-refractivity contribution in [1.29, 1.82) is 0 Å². The van der Waals surface area contributed by atoms with Gasteiger partial charge in [0, 0.05) is 10.9 Å². The molecule has 1 aliphatic carbocycles. The first-order valence-corrected chi connectivity index (χ1v) is 11.9. The van der Waals surface area contributed by atoms with E-state index >= 15 is 0 Å². The van der Waals surface area contributed by atoms with Crippen LogP contribution < -0.4 is 10.0 Å². The van der Waals surface area contributed by atoms with Crippen molar-refractivity contribution in [2.75, 3.05) is 15.8 Å². The summed E-state index contributed by atoms with van der Waals surface area (Å²) in [6, 6.07) is 8.84. The van der Waals surface area contributed by atoms with Crippen molar-refractivity contribution in [2.24, 2.45) is 0 Å². The molecule has 1 saturated carbocycles. The maximum Gasteiger partial charge on any atom is 0.263 e. The number of benzene rings is 1. The first-order chi connectivity index (χ1) is 13.4. The number of anilines is 2. The second-order valence-corrected chi connectivity index (χ2v) is 9.85. The highest BCUT2D eigenvalue weighted by Gasteiger charge is 2.17. The molecule has 1 amide bonds. The van der Waals surface area contributed by atoms with Crippen LogP contribution in [-0.4, -0.2) is 35.5 Å².